The highest BCUT2D eigenvalue weighted by molar-refractivity contribution is 5.91. The first-order chi connectivity index (χ1) is 5.15. The number of aromatic nitrogens is 2. The summed E-state index contributed by atoms with van der Waals surface area (Å²) in [6.07, 6.45) is 1.45. The van der Waals surface area contributed by atoms with E-state index in [4.69, 9.17) is 0 Å². The molecule has 11 heavy (non-hydrogen) atoms. The molecule has 0 aromatic carbocycles. The van der Waals surface area contributed by atoms with E-state index in [2.05, 4.69) is 10.3 Å². The number of aryl methyl sites for hydroxylation is 1. The van der Waals surface area contributed by atoms with E-state index in [0.717, 1.165) is 0 Å². The van der Waals surface area contributed by atoms with E-state index >= 15 is 0 Å². The van der Waals surface area contributed by atoms with Crippen molar-refractivity contribution < 1.29 is 4.79 Å². The highest BCUT2D eigenvalue weighted by atomic mass is 16.2. The van der Waals surface area contributed by atoms with Crippen molar-refractivity contribution in [1.29, 1.82) is 0 Å². The number of aromatic amines is 1. The zero-order valence-corrected chi connectivity index (χ0v) is 6.34. The Bertz CT molecular complexity index is 323. The third-order valence-corrected chi connectivity index (χ3v) is 1.36. The average Bonchev–Trinajstić information content (AvgIpc) is 2.31. The normalized spacial score (nSPS) is 9.64. The number of carbonyl (C=O) groups is 1. The summed E-state index contributed by atoms with van der Waals surface area (Å²) < 4.78 is 1.31. The number of hydrogen-bond donors (Lipinski definition) is 2. The molecule has 0 atom stereocenters. The third kappa shape index (κ3) is 1.31. The summed E-state index contributed by atoms with van der Waals surface area (Å²) in [5, 5.41) is 2.40. The molecule has 1 aromatic heterocycles. The molecule has 0 aliphatic heterocycles. The fraction of sp³-hybridized carbons (Fsp3) is 0.333. The fourth-order valence-corrected chi connectivity index (χ4v) is 0.738. The Morgan fingerprint density at radius 1 is 1.73 bits per heavy atom. The summed E-state index contributed by atoms with van der Waals surface area (Å²) in [5.74, 6) is -0.289. The van der Waals surface area contributed by atoms with Crippen molar-refractivity contribution in [3.8, 4) is 0 Å². The van der Waals surface area contributed by atoms with Crippen LogP contribution in [0.3, 0.4) is 0 Å². The van der Waals surface area contributed by atoms with Gasteiger partial charge in [0.2, 0.25) is 0 Å². The van der Waals surface area contributed by atoms with Crippen LogP contribution in [0.4, 0.5) is 0 Å². The quantitative estimate of drug-likeness (QED) is 0.550. The van der Waals surface area contributed by atoms with Crippen LogP contribution in [0.5, 0.6) is 0 Å². The molecule has 0 aliphatic carbocycles. The average molecular weight is 155 g/mol. The summed E-state index contributed by atoms with van der Waals surface area (Å²) >= 11 is 0. The van der Waals surface area contributed by atoms with Crippen molar-refractivity contribution in [3.05, 3.63) is 22.4 Å². The maximum absolute atomic E-state index is 10.9. The van der Waals surface area contributed by atoms with Crippen LogP contribution >= 0.6 is 0 Å². The van der Waals surface area contributed by atoms with Crippen LogP contribution in [0.2, 0.25) is 0 Å². The number of rotatable bonds is 1. The first kappa shape index (κ1) is 7.59. The van der Waals surface area contributed by atoms with Gasteiger partial charge in [0.15, 0.2) is 0 Å². The summed E-state index contributed by atoms with van der Waals surface area (Å²) in [7, 11) is 3.08. The molecule has 2 N–H and O–H groups in total. The van der Waals surface area contributed by atoms with Crippen LogP contribution < -0.4 is 11.0 Å². The second-order valence-corrected chi connectivity index (χ2v) is 2.16. The van der Waals surface area contributed by atoms with E-state index in [0.29, 0.717) is 0 Å². The third-order valence-electron chi connectivity index (χ3n) is 1.36. The lowest BCUT2D eigenvalue weighted by Crippen LogP contribution is -2.19. The maximum atomic E-state index is 10.9. The molecule has 0 unspecified atom stereocenters. The van der Waals surface area contributed by atoms with E-state index in [9.17, 15) is 9.59 Å². The molecule has 60 valence electrons. The molecule has 1 amide bonds. The number of H-pyrrole nitrogens is 1. The molecule has 0 bridgehead atoms. The Balaban J connectivity index is 3.07. The second-order valence-electron chi connectivity index (χ2n) is 2.16. The van der Waals surface area contributed by atoms with Crippen LogP contribution in [0.15, 0.2) is 11.0 Å². The number of hydrogen-bond acceptors (Lipinski definition) is 2. The fourth-order valence-electron chi connectivity index (χ4n) is 0.738. The van der Waals surface area contributed by atoms with Gasteiger partial charge >= 0.3 is 5.69 Å². The van der Waals surface area contributed by atoms with E-state index < -0.39 is 0 Å². The van der Waals surface area contributed by atoms with Gasteiger partial charge in [-0.2, -0.15) is 0 Å². The molecule has 5 heteroatoms. The van der Waals surface area contributed by atoms with Gasteiger partial charge in [-0.05, 0) is 0 Å². The SMILES string of the molecule is CNC(=O)c1cn(C)c(=O)[nH]1. The molecule has 0 saturated carbocycles. The van der Waals surface area contributed by atoms with Gasteiger partial charge in [0.25, 0.3) is 5.91 Å². The van der Waals surface area contributed by atoms with Crippen molar-refractivity contribution in [1.82, 2.24) is 14.9 Å². The second kappa shape index (κ2) is 2.61. The van der Waals surface area contributed by atoms with E-state index in [1.165, 1.54) is 17.8 Å². The van der Waals surface area contributed by atoms with Gasteiger partial charge in [0.1, 0.15) is 5.69 Å². The molecular formula is C6H9N3O2. The topological polar surface area (TPSA) is 66.9 Å². The van der Waals surface area contributed by atoms with Crippen LogP contribution in [0.25, 0.3) is 0 Å². The summed E-state index contributed by atoms with van der Waals surface area (Å²) in [5.41, 5.74) is -0.0106. The van der Waals surface area contributed by atoms with Crippen molar-refractivity contribution in [3.63, 3.8) is 0 Å². The first-order valence-electron chi connectivity index (χ1n) is 3.13. The van der Waals surface area contributed by atoms with E-state index in [-0.39, 0.29) is 17.3 Å². The van der Waals surface area contributed by atoms with E-state index in [1.54, 1.807) is 7.05 Å². The Morgan fingerprint density at radius 3 is 2.73 bits per heavy atom. The molecular weight excluding hydrogens is 146 g/mol. The van der Waals surface area contributed by atoms with Gasteiger partial charge in [0.05, 0.1) is 0 Å². The number of carbonyl (C=O) groups excluding carboxylic acids is 1. The minimum absolute atomic E-state index is 0.278. The lowest BCUT2D eigenvalue weighted by atomic mass is 10.4. The predicted molar refractivity (Wildman–Crippen MR) is 39.4 cm³/mol. The summed E-state index contributed by atoms with van der Waals surface area (Å²) in [6.45, 7) is 0. The molecule has 0 aliphatic rings. The molecule has 5 nitrogen and oxygen atoms in total. The van der Waals surface area contributed by atoms with Crippen LogP contribution in [-0.4, -0.2) is 22.5 Å². The minimum atomic E-state index is -0.289. The van der Waals surface area contributed by atoms with Crippen molar-refractivity contribution in [2.45, 2.75) is 0 Å². The zero-order valence-electron chi connectivity index (χ0n) is 6.34. The Labute approximate surface area is 63.0 Å². The number of imidazole rings is 1. The van der Waals surface area contributed by atoms with Gasteiger partial charge < -0.3 is 14.9 Å². The van der Waals surface area contributed by atoms with Gasteiger partial charge in [-0.3, -0.25) is 4.79 Å². The van der Waals surface area contributed by atoms with Gasteiger partial charge in [-0.25, -0.2) is 4.79 Å². The lowest BCUT2D eigenvalue weighted by Gasteiger charge is -1.91. The Hall–Kier alpha value is -1.52. The van der Waals surface area contributed by atoms with Crippen LogP contribution in [0.1, 0.15) is 10.5 Å². The highest BCUT2D eigenvalue weighted by Gasteiger charge is 2.05. The molecule has 0 fully saturated rings. The zero-order chi connectivity index (χ0) is 8.43. The Kier molecular flexibility index (Phi) is 1.80. The molecule has 1 rings (SSSR count). The van der Waals surface area contributed by atoms with Crippen molar-refractivity contribution in [2.75, 3.05) is 7.05 Å². The molecule has 0 spiro atoms. The lowest BCUT2D eigenvalue weighted by molar-refractivity contribution is 0.0958. The largest absolute Gasteiger partial charge is 0.354 e. The number of nitrogens with one attached hydrogen (secondary N) is 2. The highest BCUT2D eigenvalue weighted by Crippen LogP contribution is 1.87. The van der Waals surface area contributed by atoms with Gasteiger partial charge in [0, 0.05) is 20.3 Å². The first-order valence-corrected chi connectivity index (χ1v) is 3.13. The van der Waals surface area contributed by atoms with Gasteiger partial charge in [-0.1, -0.05) is 0 Å². The standard InChI is InChI=1S/C6H9N3O2/c1-7-5(10)4-3-9(2)6(11)8-4/h3H,1-2H3,(H,7,10)(H,8,11). The molecule has 1 aromatic rings. The monoisotopic (exact) mass is 155 g/mol. The smallest absolute Gasteiger partial charge is 0.325 e. The van der Waals surface area contributed by atoms with Crippen molar-refractivity contribution >= 4 is 5.91 Å². The van der Waals surface area contributed by atoms with E-state index in [1.807, 2.05) is 0 Å². The summed E-state index contributed by atoms with van der Waals surface area (Å²) in [6, 6.07) is 0. The minimum Gasteiger partial charge on any atom is -0.354 e. The van der Waals surface area contributed by atoms with Crippen LogP contribution in [0, 0.1) is 0 Å². The predicted octanol–water partition coefficient (Wildman–Crippen LogP) is -0.927. The number of nitrogens with zero attached hydrogens (tertiary/aromatic N) is 1. The molecule has 1 heterocycles. The van der Waals surface area contributed by atoms with Gasteiger partial charge in [-0.15, -0.1) is 0 Å². The van der Waals surface area contributed by atoms with Crippen molar-refractivity contribution in [2.24, 2.45) is 7.05 Å². The Morgan fingerprint density at radius 2 is 2.36 bits per heavy atom. The summed E-state index contributed by atoms with van der Waals surface area (Å²) in [4.78, 5) is 24.1. The number of amides is 1. The van der Waals surface area contributed by atoms with Crippen LogP contribution in [-0.2, 0) is 7.05 Å². The molecule has 0 saturated heterocycles. The maximum Gasteiger partial charge on any atom is 0.325 e. The molecule has 0 radical (unpaired) electrons.